The lowest BCUT2D eigenvalue weighted by atomic mass is 10.1. The van der Waals surface area contributed by atoms with Crippen LogP contribution in [0.1, 0.15) is 6.42 Å². The standard InChI is InChI=1S/C22H19F2N3O3S.ClH/c23-22(24)4-5-27(13-22)6-7-29-15-1-2-19-16(9-15)17(26-28)10-20(30-19)18-11-21-14(12-25-18)3-8-31-21;/h1-3,8-12,28H,4-7,13H2;1H. The average Bonchev–Trinajstić information content (AvgIpc) is 3.38. The molecule has 4 heterocycles. The number of rotatable bonds is 5. The van der Waals surface area contributed by atoms with E-state index < -0.39 is 5.92 Å². The van der Waals surface area contributed by atoms with Crippen LogP contribution in [0.5, 0.6) is 5.75 Å². The summed E-state index contributed by atoms with van der Waals surface area (Å²) in [6, 6.07) is 10.7. The Kier molecular flexibility index (Phi) is 6.32. The number of likely N-dealkylation sites (tertiary alicyclic amines) is 1. The van der Waals surface area contributed by atoms with E-state index in [-0.39, 0.29) is 32.0 Å². The second-order valence-corrected chi connectivity index (χ2v) is 8.46. The van der Waals surface area contributed by atoms with Gasteiger partial charge in [0.15, 0.2) is 5.76 Å². The Morgan fingerprint density at radius 2 is 2.12 bits per heavy atom. The molecular weight excluding hydrogens is 460 g/mol. The SMILES string of the molecule is Cl.ON=c1cc(-c2cc3sccc3cn2)oc2ccc(OCCN3CCC(F)(F)C3)cc12. The monoisotopic (exact) mass is 479 g/mol. The molecule has 1 aliphatic rings. The molecule has 0 radical (unpaired) electrons. The van der Waals surface area contributed by atoms with Gasteiger partial charge in [-0.15, -0.1) is 23.7 Å². The van der Waals surface area contributed by atoms with Crippen LogP contribution in [-0.2, 0) is 0 Å². The Hall–Kier alpha value is -2.75. The largest absolute Gasteiger partial charge is 0.492 e. The topological polar surface area (TPSA) is 71.1 Å². The van der Waals surface area contributed by atoms with E-state index in [1.54, 1.807) is 46.7 Å². The van der Waals surface area contributed by atoms with Crippen LogP contribution in [0.4, 0.5) is 8.78 Å². The molecule has 6 nitrogen and oxygen atoms in total. The van der Waals surface area contributed by atoms with Crippen LogP contribution in [0.15, 0.2) is 57.5 Å². The van der Waals surface area contributed by atoms with Crippen LogP contribution in [0.3, 0.4) is 0 Å². The van der Waals surface area contributed by atoms with Crippen LogP contribution in [-0.4, -0.2) is 47.3 Å². The van der Waals surface area contributed by atoms with Gasteiger partial charge in [0.25, 0.3) is 5.92 Å². The summed E-state index contributed by atoms with van der Waals surface area (Å²) in [6.07, 6.45) is 1.67. The predicted octanol–water partition coefficient (Wildman–Crippen LogP) is 5.14. The van der Waals surface area contributed by atoms with E-state index >= 15 is 0 Å². The highest BCUT2D eigenvalue weighted by atomic mass is 35.5. The van der Waals surface area contributed by atoms with Gasteiger partial charge in [-0.25, -0.2) is 8.78 Å². The summed E-state index contributed by atoms with van der Waals surface area (Å²) in [5.41, 5.74) is 1.16. The second-order valence-electron chi connectivity index (χ2n) is 7.51. The van der Waals surface area contributed by atoms with E-state index in [1.165, 1.54) is 0 Å². The molecule has 0 amide bonds. The zero-order valence-electron chi connectivity index (χ0n) is 16.8. The number of benzene rings is 1. The third kappa shape index (κ3) is 4.55. The van der Waals surface area contributed by atoms with E-state index in [4.69, 9.17) is 9.15 Å². The minimum atomic E-state index is -2.61. The number of fused-ring (bicyclic) bond motifs is 2. The molecule has 0 unspecified atom stereocenters. The van der Waals surface area contributed by atoms with Crippen molar-refractivity contribution < 1.29 is 23.1 Å². The highest BCUT2D eigenvalue weighted by Crippen LogP contribution is 2.28. The summed E-state index contributed by atoms with van der Waals surface area (Å²) in [4.78, 5) is 6.13. The second kappa shape index (κ2) is 9.01. The summed E-state index contributed by atoms with van der Waals surface area (Å²) in [7, 11) is 0. The minimum absolute atomic E-state index is 0. The smallest absolute Gasteiger partial charge is 0.261 e. The van der Waals surface area contributed by atoms with Crippen molar-refractivity contribution in [3.63, 3.8) is 0 Å². The first-order valence-corrected chi connectivity index (χ1v) is 10.7. The minimum Gasteiger partial charge on any atom is -0.492 e. The summed E-state index contributed by atoms with van der Waals surface area (Å²) in [5, 5.41) is 16.9. The van der Waals surface area contributed by atoms with Gasteiger partial charge in [-0.2, -0.15) is 0 Å². The molecule has 0 aliphatic carbocycles. The molecular formula is C22H20ClF2N3O3S. The van der Waals surface area contributed by atoms with E-state index in [2.05, 4.69) is 10.1 Å². The van der Waals surface area contributed by atoms with Crippen molar-refractivity contribution in [2.45, 2.75) is 12.3 Å². The molecule has 32 heavy (non-hydrogen) atoms. The summed E-state index contributed by atoms with van der Waals surface area (Å²) in [5.74, 6) is -1.58. The molecule has 1 fully saturated rings. The molecule has 0 bridgehead atoms. The molecule has 0 atom stereocenters. The van der Waals surface area contributed by atoms with Crippen molar-refractivity contribution in [1.82, 2.24) is 9.88 Å². The lowest BCUT2D eigenvalue weighted by molar-refractivity contribution is 0.0113. The van der Waals surface area contributed by atoms with Crippen LogP contribution in [0, 0.1) is 0 Å². The average molecular weight is 480 g/mol. The molecule has 5 rings (SSSR count). The van der Waals surface area contributed by atoms with Gasteiger partial charge in [-0.3, -0.25) is 9.88 Å². The molecule has 1 aliphatic heterocycles. The van der Waals surface area contributed by atoms with Crippen molar-refractivity contribution >= 4 is 44.8 Å². The summed E-state index contributed by atoms with van der Waals surface area (Å²) >= 11 is 1.61. The van der Waals surface area contributed by atoms with Gasteiger partial charge < -0.3 is 14.4 Å². The van der Waals surface area contributed by atoms with Crippen molar-refractivity contribution in [3.05, 3.63) is 53.3 Å². The van der Waals surface area contributed by atoms with Gasteiger partial charge in [0.1, 0.15) is 29.0 Å². The molecule has 10 heteroatoms. The van der Waals surface area contributed by atoms with Crippen molar-refractivity contribution in [2.24, 2.45) is 5.16 Å². The van der Waals surface area contributed by atoms with E-state index in [0.29, 0.717) is 46.6 Å². The molecule has 168 valence electrons. The predicted molar refractivity (Wildman–Crippen MR) is 121 cm³/mol. The van der Waals surface area contributed by atoms with E-state index in [1.807, 2.05) is 17.5 Å². The number of hydrogen-bond donors (Lipinski definition) is 1. The lowest BCUT2D eigenvalue weighted by Crippen LogP contribution is -2.29. The highest BCUT2D eigenvalue weighted by Gasteiger charge is 2.37. The zero-order valence-corrected chi connectivity index (χ0v) is 18.5. The fraction of sp³-hybridized carbons (Fsp3) is 0.273. The van der Waals surface area contributed by atoms with Gasteiger partial charge in [0.05, 0.1) is 11.9 Å². The van der Waals surface area contributed by atoms with Crippen molar-refractivity contribution in [1.29, 1.82) is 0 Å². The summed E-state index contributed by atoms with van der Waals surface area (Å²) < 4.78 is 39.4. The maximum Gasteiger partial charge on any atom is 0.261 e. The van der Waals surface area contributed by atoms with E-state index in [9.17, 15) is 14.0 Å². The molecule has 0 saturated carbocycles. The van der Waals surface area contributed by atoms with Crippen LogP contribution < -0.4 is 10.1 Å². The Morgan fingerprint density at radius 1 is 1.25 bits per heavy atom. The maximum atomic E-state index is 13.3. The number of aromatic nitrogens is 1. The number of thiophene rings is 1. The van der Waals surface area contributed by atoms with Crippen molar-refractivity contribution in [2.75, 3.05) is 26.2 Å². The summed E-state index contributed by atoms with van der Waals surface area (Å²) in [6.45, 7) is 0.849. The van der Waals surface area contributed by atoms with Gasteiger partial charge in [0, 0.05) is 41.9 Å². The quantitative estimate of drug-likeness (QED) is 0.317. The Bertz CT molecular complexity index is 1320. The van der Waals surface area contributed by atoms with E-state index in [0.717, 1.165) is 10.1 Å². The van der Waals surface area contributed by atoms with Crippen LogP contribution in [0.25, 0.3) is 32.5 Å². The normalized spacial score (nSPS) is 16.5. The number of halogens is 3. The first kappa shape index (κ1) is 22.4. The highest BCUT2D eigenvalue weighted by molar-refractivity contribution is 7.17. The Morgan fingerprint density at radius 3 is 2.91 bits per heavy atom. The van der Waals surface area contributed by atoms with Gasteiger partial charge in [-0.1, -0.05) is 5.16 Å². The number of ether oxygens (including phenoxy) is 1. The first-order chi connectivity index (χ1) is 15.0. The van der Waals surface area contributed by atoms with Crippen LogP contribution in [0.2, 0.25) is 0 Å². The molecule has 3 aromatic heterocycles. The molecule has 0 spiro atoms. The third-order valence-electron chi connectivity index (χ3n) is 5.34. The molecule has 1 N–H and O–H groups in total. The number of alkyl halides is 2. The van der Waals surface area contributed by atoms with Gasteiger partial charge >= 0.3 is 0 Å². The fourth-order valence-electron chi connectivity index (χ4n) is 3.73. The lowest BCUT2D eigenvalue weighted by Gasteiger charge is -2.16. The van der Waals surface area contributed by atoms with Gasteiger partial charge in [0.2, 0.25) is 0 Å². The Labute approximate surface area is 192 Å². The van der Waals surface area contributed by atoms with Gasteiger partial charge in [-0.05, 0) is 35.7 Å². The fourth-order valence-corrected chi connectivity index (χ4v) is 4.53. The van der Waals surface area contributed by atoms with Crippen LogP contribution >= 0.6 is 23.7 Å². The molecule has 4 aromatic rings. The molecule has 1 aromatic carbocycles. The Balaban J connectivity index is 0.00000245. The number of hydrogen-bond acceptors (Lipinski definition) is 7. The van der Waals surface area contributed by atoms with Crippen molar-refractivity contribution in [3.8, 4) is 17.2 Å². The number of pyridine rings is 1. The molecule has 1 saturated heterocycles. The maximum absolute atomic E-state index is 13.3. The zero-order chi connectivity index (χ0) is 21.4. The first-order valence-electron chi connectivity index (χ1n) is 9.83. The number of nitrogens with zero attached hydrogens (tertiary/aromatic N) is 3. The third-order valence-corrected chi connectivity index (χ3v) is 6.22.